The number of aliphatic hydroxyl groups is 1. The third-order valence-corrected chi connectivity index (χ3v) is 2.73. The molecule has 14 heavy (non-hydrogen) atoms. The second kappa shape index (κ2) is 3.67. The first kappa shape index (κ1) is 9.61. The Bertz CT molecular complexity index is 364. The van der Waals surface area contributed by atoms with E-state index >= 15 is 0 Å². The normalized spacial score (nSPS) is 13.1. The summed E-state index contributed by atoms with van der Waals surface area (Å²) in [5, 5.41) is 9.11. The van der Waals surface area contributed by atoms with Crippen molar-refractivity contribution in [2.45, 2.75) is 6.61 Å². The lowest BCUT2D eigenvalue weighted by molar-refractivity contribution is 0.173. The topological polar surface area (TPSA) is 47.9 Å². The minimum Gasteiger partial charge on any atom is -0.495 e. The molecule has 1 aromatic carbocycles. The van der Waals surface area contributed by atoms with Crippen LogP contribution in [0.2, 0.25) is 0 Å². The Hall–Kier alpha value is -0.940. The lowest BCUT2D eigenvalue weighted by Gasteiger charge is -2.10. The fourth-order valence-electron chi connectivity index (χ4n) is 1.37. The number of rotatable bonds is 2. The van der Waals surface area contributed by atoms with Crippen LogP contribution in [0.15, 0.2) is 10.5 Å². The Morgan fingerprint density at radius 3 is 3.00 bits per heavy atom. The van der Waals surface area contributed by atoms with Crippen molar-refractivity contribution < 1.29 is 19.3 Å². The smallest absolute Gasteiger partial charge is 0.231 e. The number of benzene rings is 1. The van der Waals surface area contributed by atoms with Gasteiger partial charge >= 0.3 is 0 Å². The first-order valence-electron chi connectivity index (χ1n) is 4.03. The van der Waals surface area contributed by atoms with Gasteiger partial charge in [0.05, 0.1) is 13.7 Å². The monoisotopic (exact) mass is 260 g/mol. The first-order valence-corrected chi connectivity index (χ1v) is 4.83. The van der Waals surface area contributed by atoms with Crippen LogP contribution in [0.25, 0.3) is 0 Å². The van der Waals surface area contributed by atoms with Crippen molar-refractivity contribution in [1.82, 2.24) is 0 Å². The molecule has 4 nitrogen and oxygen atoms in total. The van der Waals surface area contributed by atoms with E-state index in [0.29, 0.717) is 27.3 Å². The van der Waals surface area contributed by atoms with E-state index in [-0.39, 0.29) is 13.4 Å². The fraction of sp³-hybridized carbons (Fsp3) is 0.333. The average Bonchev–Trinajstić information content (AvgIpc) is 2.65. The molecule has 1 aliphatic rings. The van der Waals surface area contributed by atoms with Gasteiger partial charge in [-0.25, -0.2) is 0 Å². The number of aliphatic hydroxyl groups excluding tert-OH is 1. The van der Waals surface area contributed by atoms with Crippen molar-refractivity contribution >= 4 is 15.9 Å². The molecule has 1 N–H and O–H groups in total. The van der Waals surface area contributed by atoms with Crippen molar-refractivity contribution in [2.24, 2.45) is 0 Å². The minimum absolute atomic E-state index is 0.0988. The second-order valence-electron chi connectivity index (χ2n) is 2.77. The summed E-state index contributed by atoms with van der Waals surface area (Å²) < 4.78 is 16.3. The summed E-state index contributed by atoms with van der Waals surface area (Å²) in [5.41, 5.74) is 0.670. The van der Waals surface area contributed by atoms with Crippen LogP contribution in [0, 0.1) is 0 Å². The standard InChI is InChI=1S/C9H9BrO4/c1-12-8-5(3-11)2-6-9(7(8)10)14-4-13-6/h2,11H,3-4H2,1H3. The number of methoxy groups -OCH3 is 1. The minimum atomic E-state index is -0.0988. The Morgan fingerprint density at radius 1 is 1.57 bits per heavy atom. The number of hydrogen-bond donors (Lipinski definition) is 1. The fourth-order valence-corrected chi connectivity index (χ4v) is 2.10. The molecule has 1 heterocycles. The third kappa shape index (κ3) is 1.33. The molecule has 0 aromatic heterocycles. The molecule has 1 aliphatic heterocycles. The number of halogens is 1. The summed E-state index contributed by atoms with van der Waals surface area (Å²) in [6.07, 6.45) is 0. The van der Waals surface area contributed by atoms with E-state index in [1.807, 2.05) is 0 Å². The highest BCUT2D eigenvalue weighted by atomic mass is 79.9. The van der Waals surface area contributed by atoms with Gasteiger partial charge in [-0.3, -0.25) is 0 Å². The van der Waals surface area contributed by atoms with Crippen LogP contribution in [0.5, 0.6) is 17.2 Å². The quantitative estimate of drug-likeness (QED) is 0.879. The van der Waals surface area contributed by atoms with Gasteiger partial charge in [-0.1, -0.05) is 0 Å². The summed E-state index contributed by atoms with van der Waals surface area (Å²) in [4.78, 5) is 0. The maximum atomic E-state index is 9.11. The summed E-state index contributed by atoms with van der Waals surface area (Å²) in [5.74, 6) is 1.83. The molecule has 0 aliphatic carbocycles. The zero-order valence-electron chi connectivity index (χ0n) is 7.54. The molecule has 0 unspecified atom stereocenters. The molecule has 0 saturated carbocycles. The maximum Gasteiger partial charge on any atom is 0.231 e. The van der Waals surface area contributed by atoms with E-state index in [0.717, 1.165) is 0 Å². The van der Waals surface area contributed by atoms with Crippen molar-refractivity contribution in [3.8, 4) is 17.2 Å². The molecule has 1 aromatic rings. The van der Waals surface area contributed by atoms with Crippen molar-refractivity contribution in [2.75, 3.05) is 13.9 Å². The van der Waals surface area contributed by atoms with Crippen LogP contribution in [-0.2, 0) is 6.61 Å². The van der Waals surface area contributed by atoms with E-state index in [9.17, 15) is 0 Å². The maximum absolute atomic E-state index is 9.11. The molecule has 0 fully saturated rings. The van der Waals surface area contributed by atoms with Gasteiger partial charge < -0.3 is 19.3 Å². The van der Waals surface area contributed by atoms with Crippen LogP contribution >= 0.6 is 15.9 Å². The number of hydrogen-bond acceptors (Lipinski definition) is 4. The molecule has 0 bridgehead atoms. The summed E-state index contributed by atoms with van der Waals surface area (Å²) >= 11 is 3.34. The van der Waals surface area contributed by atoms with E-state index in [1.165, 1.54) is 0 Å². The highest BCUT2D eigenvalue weighted by Crippen LogP contribution is 2.46. The van der Waals surface area contributed by atoms with Crippen LogP contribution in [0.3, 0.4) is 0 Å². The van der Waals surface area contributed by atoms with Gasteiger partial charge in [0.15, 0.2) is 11.5 Å². The molecule has 76 valence electrons. The SMILES string of the molecule is COc1c(CO)cc2c(c1Br)OCO2. The largest absolute Gasteiger partial charge is 0.495 e. The van der Waals surface area contributed by atoms with Gasteiger partial charge in [-0.15, -0.1) is 0 Å². The average molecular weight is 261 g/mol. The van der Waals surface area contributed by atoms with Crippen LogP contribution in [0.4, 0.5) is 0 Å². The van der Waals surface area contributed by atoms with E-state index in [4.69, 9.17) is 19.3 Å². The zero-order chi connectivity index (χ0) is 10.1. The van der Waals surface area contributed by atoms with Crippen LogP contribution in [0.1, 0.15) is 5.56 Å². The Morgan fingerprint density at radius 2 is 2.36 bits per heavy atom. The molecule has 0 amide bonds. The second-order valence-corrected chi connectivity index (χ2v) is 3.57. The van der Waals surface area contributed by atoms with E-state index in [2.05, 4.69) is 15.9 Å². The molecule has 0 saturated heterocycles. The van der Waals surface area contributed by atoms with Gasteiger partial charge in [0.25, 0.3) is 0 Å². The van der Waals surface area contributed by atoms with Gasteiger partial charge in [0.1, 0.15) is 10.2 Å². The Labute approximate surface area is 89.5 Å². The number of ether oxygens (including phenoxy) is 3. The summed E-state index contributed by atoms with van der Waals surface area (Å²) in [7, 11) is 1.54. The predicted molar refractivity (Wildman–Crippen MR) is 52.7 cm³/mol. The Balaban J connectivity index is 2.60. The first-order chi connectivity index (χ1) is 6.77. The molecule has 0 spiro atoms. The Kier molecular flexibility index (Phi) is 2.52. The lowest BCUT2D eigenvalue weighted by Crippen LogP contribution is -1.94. The highest BCUT2D eigenvalue weighted by Gasteiger charge is 2.23. The molecule has 0 radical (unpaired) electrons. The molecule has 5 heteroatoms. The molecule has 2 rings (SSSR count). The lowest BCUT2D eigenvalue weighted by atomic mass is 10.2. The summed E-state index contributed by atoms with van der Waals surface area (Å²) in [6, 6.07) is 1.71. The van der Waals surface area contributed by atoms with Gasteiger partial charge in [-0.2, -0.15) is 0 Å². The van der Waals surface area contributed by atoms with Crippen molar-refractivity contribution in [3.05, 3.63) is 16.1 Å². The van der Waals surface area contributed by atoms with Gasteiger partial charge in [-0.05, 0) is 22.0 Å². The van der Waals surface area contributed by atoms with Crippen LogP contribution < -0.4 is 14.2 Å². The van der Waals surface area contributed by atoms with Gasteiger partial charge in [0, 0.05) is 5.56 Å². The highest BCUT2D eigenvalue weighted by molar-refractivity contribution is 9.10. The predicted octanol–water partition coefficient (Wildman–Crippen LogP) is 1.68. The number of fused-ring (bicyclic) bond motifs is 1. The van der Waals surface area contributed by atoms with Crippen molar-refractivity contribution in [3.63, 3.8) is 0 Å². The van der Waals surface area contributed by atoms with Crippen LogP contribution in [-0.4, -0.2) is 19.0 Å². The molecular weight excluding hydrogens is 252 g/mol. The zero-order valence-corrected chi connectivity index (χ0v) is 9.13. The van der Waals surface area contributed by atoms with Crippen molar-refractivity contribution in [1.29, 1.82) is 0 Å². The molecule has 0 atom stereocenters. The summed E-state index contributed by atoms with van der Waals surface area (Å²) in [6.45, 7) is 0.102. The van der Waals surface area contributed by atoms with Gasteiger partial charge in [0.2, 0.25) is 6.79 Å². The van der Waals surface area contributed by atoms with E-state index < -0.39 is 0 Å². The molecular formula is C9H9BrO4. The third-order valence-electron chi connectivity index (χ3n) is 2.01. The van der Waals surface area contributed by atoms with E-state index in [1.54, 1.807) is 13.2 Å².